The van der Waals surface area contributed by atoms with Crippen molar-refractivity contribution in [2.75, 3.05) is 0 Å². The Balaban J connectivity index is 1.28. The van der Waals surface area contributed by atoms with Gasteiger partial charge in [0.1, 0.15) is 40.9 Å². The maximum Gasteiger partial charge on any atom is 0.172 e. The van der Waals surface area contributed by atoms with Crippen LogP contribution in [0.25, 0.3) is 33.4 Å². The predicted molar refractivity (Wildman–Crippen MR) is 181 cm³/mol. The molecule has 6 rings (SSSR count). The zero-order chi connectivity index (χ0) is 31.4. The normalized spacial score (nSPS) is 15.4. The van der Waals surface area contributed by atoms with Gasteiger partial charge in [-0.3, -0.25) is 0 Å². The van der Waals surface area contributed by atoms with Crippen LogP contribution in [-0.2, 0) is 9.47 Å². The standard InChI is InChI=1S/C38H25N3O2S2/c1-38(2)32(31(24-41)37(43-38)28(22-39)23-40)16-13-29-14-17-35(44-29)36-18-15-30(45-36)19-25-20-33(26-9-5-3-6-10-26)42-34(21-25)27-11-7-4-8-12-27/h3-21H,1-2H3/b16-13+. The molecule has 0 unspecified atom stereocenters. The number of ether oxygens (including phenoxy) is 2. The fourth-order valence-electron chi connectivity index (χ4n) is 5.04. The van der Waals surface area contributed by atoms with Gasteiger partial charge in [0.2, 0.25) is 0 Å². The minimum Gasteiger partial charge on any atom is -0.480 e. The summed E-state index contributed by atoms with van der Waals surface area (Å²) in [5.74, 6) is 1.65. The van der Waals surface area contributed by atoms with Crippen molar-refractivity contribution >= 4 is 46.3 Å². The molecule has 0 aliphatic carbocycles. The predicted octanol–water partition coefficient (Wildman–Crippen LogP) is 9.92. The second-order valence-electron chi connectivity index (χ2n) is 10.7. The van der Waals surface area contributed by atoms with Crippen LogP contribution in [0.2, 0.25) is 0 Å². The topological polar surface area (TPSA) is 89.8 Å². The number of nitriles is 3. The number of thiophene rings is 2. The molecule has 2 aromatic carbocycles. The number of nitrogens with zero attached hydrogens (tertiary/aromatic N) is 3. The highest BCUT2D eigenvalue weighted by Gasteiger charge is 2.38. The first-order chi connectivity index (χ1) is 21.9. The van der Waals surface area contributed by atoms with Crippen LogP contribution in [0.4, 0.5) is 0 Å². The first-order valence-corrected chi connectivity index (χ1v) is 15.7. The minimum absolute atomic E-state index is 0.0419. The van der Waals surface area contributed by atoms with Gasteiger partial charge in [0.15, 0.2) is 11.3 Å². The van der Waals surface area contributed by atoms with Crippen LogP contribution in [0.5, 0.6) is 0 Å². The molecule has 4 aromatic rings. The van der Waals surface area contributed by atoms with E-state index in [-0.39, 0.29) is 16.9 Å². The number of benzene rings is 2. The molecule has 2 aliphatic heterocycles. The average Bonchev–Trinajstić information content (AvgIpc) is 3.79. The summed E-state index contributed by atoms with van der Waals surface area (Å²) in [7, 11) is 0. The van der Waals surface area contributed by atoms with E-state index >= 15 is 0 Å². The average molecular weight is 620 g/mol. The molecule has 0 saturated heterocycles. The summed E-state index contributed by atoms with van der Waals surface area (Å²) >= 11 is 3.36. The first kappa shape index (κ1) is 29.4. The van der Waals surface area contributed by atoms with Crippen LogP contribution in [-0.4, -0.2) is 5.60 Å². The Hall–Kier alpha value is -5.65. The van der Waals surface area contributed by atoms with E-state index in [9.17, 15) is 15.8 Å². The number of allylic oxidation sites excluding steroid dienone is 5. The molecule has 0 bridgehead atoms. The molecule has 0 atom stereocenters. The van der Waals surface area contributed by atoms with Crippen molar-refractivity contribution in [3.8, 4) is 28.0 Å². The lowest BCUT2D eigenvalue weighted by Crippen LogP contribution is -2.20. The Labute approximate surface area is 270 Å². The third-order valence-corrected chi connectivity index (χ3v) is 9.49. The van der Waals surface area contributed by atoms with Crippen LogP contribution in [0, 0.1) is 34.0 Å². The van der Waals surface area contributed by atoms with Crippen molar-refractivity contribution in [3.63, 3.8) is 0 Å². The lowest BCUT2D eigenvalue weighted by Gasteiger charge is -2.20. The van der Waals surface area contributed by atoms with E-state index in [0.717, 1.165) is 47.7 Å². The summed E-state index contributed by atoms with van der Waals surface area (Å²) in [4.78, 5) is 4.41. The van der Waals surface area contributed by atoms with Gasteiger partial charge >= 0.3 is 0 Å². The second-order valence-corrected chi connectivity index (χ2v) is 12.9. The Morgan fingerprint density at radius 2 is 1.27 bits per heavy atom. The van der Waals surface area contributed by atoms with Crippen molar-refractivity contribution in [1.29, 1.82) is 15.8 Å². The Kier molecular flexibility index (Phi) is 8.19. The quantitative estimate of drug-likeness (QED) is 0.200. The van der Waals surface area contributed by atoms with Gasteiger partial charge < -0.3 is 9.47 Å². The summed E-state index contributed by atoms with van der Waals surface area (Å²) in [5, 5.41) is 28.4. The third kappa shape index (κ3) is 6.21. The van der Waals surface area contributed by atoms with E-state index in [4.69, 9.17) is 9.47 Å². The van der Waals surface area contributed by atoms with Crippen molar-refractivity contribution in [3.05, 3.63) is 152 Å². The molecule has 0 amide bonds. The molecule has 2 aromatic heterocycles. The first-order valence-electron chi connectivity index (χ1n) is 14.1. The van der Waals surface area contributed by atoms with Crippen LogP contribution >= 0.6 is 22.7 Å². The Morgan fingerprint density at radius 3 is 1.82 bits per heavy atom. The van der Waals surface area contributed by atoms with E-state index in [1.807, 2.05) is 105 Å². The lowest BCUT2D eigenvalue weighted by molar-refractivity contribution is 0.0954. The molecule has 7 heteroatoms. The summed E-state index contributed by atoms with van der Waals surface area (Å²) in [6.45, 7) is 3.64. The van der Waals surface area contributed by atoms with Crippen molar-refractivity contribution in [1.82, 2.24) is 0 Å². The molecular formula is C38H25N3O2S2. The molecule has 216 valence electrons. The summed E-state index contributed by atoms with van der Waals surface area (Å²) < 4.78 is 12.2. The van der Waals surface area contributed by atoms with Gasteiger partial charge in [-0.25, -0.2) is 0 Å². The second kappa shape index (κ2) is 12.5. The number of hydrogen-bond donors (Lipinski definition) is 0. The van der Waals surface area contributed by atoms with E-state index in [1.165, 1.54) is 0 Å². The molecule has 2 aliphatic rings. The molecule has 0 saturated carbocycles. The van der Waals surface area contributed by atoms with Gasteiger partial charge in [0.05, 0.1) is 0 Å². The van der Waals surface area contributed by atoms with Crippen molar-refractivity contribution in [2.45, 2.75) is 19.4 Å². The van der Waals surface area contributed by atoms with E-state index in [1.54, 1.807) is 22.7 Å². The highest BCUT2D eigenvalue weighted by Crippen LogP contribution is 2.41. The molecule has 0 N–H and O–H groups in total. The molecule has 0 fully saturated rings. The molecule has 45 heavy (non-hydrogen) atoms. The molecule has 4 heterocycles. The SMILES string of the molecule is CC1(C)OC(=C(C#N)C#N)C(C#N)=C1/C=C/c1ccc(-c2ccc(C=C3C=C(c4ccccc4)OC(c4ccccc4)=C3)s2)s1. The van der Waals surface area contributed by atoms with Gasteiger partial charge in [-0.1, -0.05) is 66.7 Å². The van der Waals surface area contributed by atoms with Crippen molar-refractivity contribution in [2.24, 2.45) is 0 Å². The fourth-order valence-corrected chi connectivity index (χ4v) is 7.01. The van der Waals surface area contributed by atoms with E-state index < -0.39 is 5.60 Å². The van der Waals surface area contributed by atoms with Crippen LogP contribution in [0.15, 0.2) is 131 Å². The Bertz CT molecular complexity index is 2030. The lowest BCUT2D eigenvalue weighted by atomic mass is 9.94. The highest BCUT2D eigenvalue weighted by molar-refractivity contribution is 7.22. The van der Waals surface area contributed by atoms with Crippen molar-refractivity contribution < 1.29 is 9.47 Å². The Morgan fingerprint density at radius 1 is 0.711 bits per heavy atom. The number of rotatable bonds is 6. The molecular weight excluding hydrogens is 595 g/mol. The van der Waals surface area contributed by atoms with Crippen LogP contribution < -0.4 is 0 Å². The molecule has 0 radical (unpaired) electrons. The van der Waals surface area contributed by atoms with Crippen LogP contribution in [0.1, 0.15) is 34.7 Å². The largest absolute Gasteiger partial charge is 0.480 e. The van der Waals surface area contributed by atoms with Crippen LogP contribution in [0.3, 0.4) is 0 Å². The van der Waals surface area contributed by atoms with Gasteiger partial charge in [-0.05, 0) is 68.0 Å². The maximum absolute atomic E-state index is 9.80. The fraction of sp³-hybridized carbons (Fsp3) is 0.0789. The summed E-state index contributed by atoms with van der Waals surface area (Å²) in [6.07, 6.45) is 10.1. The monoisotopic (exact) mass is 619 g/mol. The number of hydrogen-bond acceptors (Lipinski definition) is 7. The van der Waals surface area contributed by atoms with E-state index in [0.29, 0.717) is 5.57 Å². The minimum atomic E-state index is -0.847. The summed E-state index contributed by atoms with van der Waals surface area (Å²) in [5.41, 5.74) is 2.88. The van der Waals surface area contributed by atoms with Gasteiger partial charge in [0, 0.05) is 36.2 Å². The molecule has 5 nitrogen and oxygen atoms in total. The van der Waals surface area contributed by atoms with E-state index in [2.05, 4.69) is 42.5 Å². The third-order valence-electron chi connectivity index (χ3n) is 7.22. The zero-order valence-electron chi connectivity index (χ0n) is 24.4. The van der Waals surface area contributed by atoms with Gasteiger partial charge in [-0.2, -0.15) is 15.8 Å². The van der Waals surface area contributed by atoms with Gasteiger partial charge in [0.25, 0.3) is 0 Å². The summed E-state index contributed by atoms with van der Waals surface area (Å²) in [6, 6.07) is 34.4. The molecule has 0 spiro atoms. The highest BCUT2D eigenvalue weighted by atomic mass is 32.1. The van der Waals surface area contributed by atoms with Gasteiger partial charge in [-0.15, -0.1) is 22.7 Å². The zero-order valence-corrected chi connectivity index (χ0v) is 26.1. The maximum atomic E-state index is 9.80. The smallest absolute Gasteiger partial charge is 0.172 e.